The van der Waals surface area contributed by atoms with E-state index in [-0.39, 0.29) is 0 Å². The van der Waals surface area contributed by atoms with Gasteiger partial charge >= 0.3 is 5.97 Å². The van der Waals surface area contributed by atoms with Gasteiger partial charge < -0.3 is 19.7 Å². The van der Waals surface area contributed by atoms with E-state index in [0.29, 0.717) is 40.2 Å². The summed E-state index contributed by atoms with van der Waals surface area (Å²) in [5.41, 5.74) is 1.64. The van der Waals surface area contributed by atoms with Crippen LogP contribution in [-0.4, -0.2) is 25.9 Å². The monoisotopic (exact) mass is 276 g/mol. The highest BCUT2D eigenvalue weighted by Crippen LogP contribution is 2.31. The highest BCUT2D eigenvalue weighted by molar-refractivity contribution is 6.06. The normalized spacial score (nSPS) is 11.2. The van der Waals surface area contributed by atoms with Gasteiger partial charge in [0.25, 0.3) is 0 Å². The lowest BCUT2D eigenvalue weighted by molar-refractivity contribution is 0.0526. The molecular weight excluding hydrogens is 260 g/mol. The van der Waals surface area contributed by atoms with Crippen molar-refractivity contribution in [1.82, 2.24) is 0 Å². The van der Waals surface area contributed by atoms with Crippen LogP contribution < -0.4 is 10.6 Å². The van der Waals surface area contributed by atoms with Crippen LogP contribution in [0.15, 0.2) is 21.7 Å². The first-order chi connectivity index (χ1) is 9.62. The van der Waals surface area contributed by atoms with E-state index < -0.39 is 5.97 Å². The zero-order valence-corrected chi connectivity index (χ0v) is 11.6. The van der Waals surface area contributed by atoms with Gasteiger partial charge in [0, 0.05) is 10.9 Å². The predicted octanol–water partition coefficient (Wildman–Crippen LogP) is 2.22. The van der Waals surface area contributed by atoms with Crippen molar-refractivity contribution >= 4 is 23.2 Å². The first kappa shape index (κ1) is 13.9. The Kier molecular flexibility index (Phi) is 3.93. The fourth-order valence-electron chi connectivity index (χ4n) is 2.08. The number of hydrazone groups is 1. The van der Waals surface area contributed by atoms with Crippen molar-refractivity contribution < 1.29 is 18.7 Å². The molecule has 0 spiro atoms. The summed E-state index contributed by atoms with van der Waals surface area (Å²) in [6.45, 7) is 3.78. The molecule has 0 bridgehead atoms. The minimum atomic E-state index is -0.411. The third kappa shape index (κ3) is 2.32. The van der Waals surface area contributed by atoms with Crippen molar-refractivity contribution in [3.63, 3.8) is 0 Å². The highest BCUT2D eigenvalue weighted by atomic mass is 16.5. The maximum Gasteiger partial charge on any atom is 0.342 e. The summed E-state index contributed by atoms with van der Waals surface area (Å²) in [4.78, 5) is 12.0. The molecule has 2 aromatic rings. The molecule has 106 valence electrons. The van der Waals surface area contributed by atoms with Gasteiger partial charge in [-0.25, -0.2) is 4.79 Å². The molecule has 0 radical (unpaired) electrons. The largest absolute Gasteiger partial charge is 0.496 e. The summed E-state index contributed by atoms with van der Waals surface area (Å²) in [6, 6.07) is 3.44. The Balaban J connectivity index is 2.67. The maximum absolute atomic E-state index is 12.0. The van der Waals surface area contributed by atoms with Gasteiger partial charge in [-0.1, -0.05) is 0 Å². The molecule has 6 heteroatoms. The minimum Gasteiger partial charge on any atom is -0.496 e. The molecule has 0 aliphatic rings. The van der Waals surface area contributed by atoms with Gasteiger partial charge in [0.15, 0.2) is 0 Å². The van der Waals surface area contributed by atoms with E-state index in [0.717, 1.165) is 0 Å². The van der Waals surface area contributed by atoms with E-state index in [1.54, 1.807) is 26.0 Å². The second-order valence-electron chi connectivity index (χ2n) is 4.12. The van der Waals surface area contributed by atoms with Crippen LogP contribution in [0.25, 0.3) is 11.0 Å². The van der Waals surface area contributed by atoms with Crippen molar-refractivity contribution in [3.8, 4) is 5.75 Å². The second-order valence-corrected chi connectivity index (χ2v) is 4.12. The number of furan rings is 1. The Bertz CT molecular complexity index is 673. The van der Waals surface area contributed by atoms with E-state index in [2.05, 4.69) is 5.10 Å². The number of aryl methyl sites for hydroxylation is 1. The van der Waals surface area contributed by atoms with Crippen LogP contribution in [0.2, 0.25) is 0 Å². The van der Waals surface area contributed by atoms with Crippen LogP contribution in [0.3, 0.4) is 0 Å². The van der Waals surface area contributed by atoms with Crippen LogP contribution >= 0.6 is 0 Å². The summed E-state index contributed by atoms with van der Waals surface area (Å²) in [6.07, 6.45) is 1.46. The van der Waals surface area contributed by atoms with Crippen molar-refractivity contribution in [2.24, 2.45) is 10.9 Å². The summed E-state index contributed by atoms with van der Waals surface area (Å²) in [5, 5.41) is 4.12. The molecule has 2 N–H and O–H groups in total. The maximum atomic E-state index is 12.0. The van der Waals surface area contributed by atoms with Crippen molar-refractivity contribution in [2.75, 3.05) is 13.7 Å². The number of rotatable bonds is 4. The van der Waals surface area contributed by atoms with E-state index >= 15 is 0 Å². The van der Waals surface area contributed by atoms with Crippen LogP contribution in [0.1, 0.15) is 28.6 Å². The third-order valence-corrected chi connectivity index (χ3v) is 2.91. The van der Waals surface area contributed by atoms with Gasteiger partial charge in [0.05, 0.1) is 19.9 Å². The van der Waals surface area contributed by atoms with E-state index in [4.69, 9.17) is 19.7 Å². The van der Waals surface area contributed by atoms with Gasteiger partial charge in [-0.2, -0.15) is 5.10 Å². The molecule has 0 unspecified atom stereocenters. The lowest BCUT2D eigenvalue weighted by atomic mass is 10.1. The fraction of sp³-hybridized carbons (Fsp3) is 0.286. The number of hydrogen-bond donors (Lipinski definition) is 1. The van der Waals surface area contributed by atoms with E-state index in [1.807, 2.05) is 0 Å². The highest BCUT2D eigenvalue weighted by Gasteiger charge is 2.21. The average Bonchev–Trinajstić information content (AvgIpc) is 2.73. The quantitative estimate of drug-likeness (QED) is 0.400. The van der Waals surface area contributed by atoms with Gasteiger partial charge in [0.1, 0.15) is 22.7 Å². The predicted molar refractivity (Wildman–Crippen MR) is 75.2 cm³/mol. The number of fused-ring (bicyclic) bond motifs is 1. The molecule has 1 aromatic heterocycles. The van der Waals surface area contributed by atoms with Crippen LogP contribution in [-0.2, 0) is 4.74 Å². The number of benzene rings is 1. The molecule has 0 aliphatic heterocycles. The number of nitrogens with two attached hydrogens (primary N) is 1. The summed E-state index contributed by atoms with van der Waals surface area (Å²) in [5.74, 6) is 5.81. The Morgan fingerprint density at radius 1 is 1.50 bits per heavy atom. The molecule has 2 rings (SSSR count). The fourth-order valence-corrected chi connectivity index (χ4v) is 2.08. The SMILES string of the molecule is CCOC(=O)c1c(C)oc2cc(/C=N\N)c(OC)cc12. The smallest absolute Gasteiger partial charge is 0.342 e. The first-order valence-corrected chi connectivity index (χ1v) is 6.13. The topological polar surface area (TPSA) is 87.0 Å². The Morgan fingerprint density at radius 2 is 2.25 bits per heavy atom. The standard InChI is InChI=1S/C14H16N2O4/c1-4-19-14(17)13-8(2)20-12-5-9(7-16-15)11(18-3)6-10(12)13/h5-7H,4,15H2,1-3H3/b16-7-. The van der Waals surface area contributed by atoms with Gasteiger partial charge in [-0.3, -0.25) is 0 Å². The summed E-state index contributed by atoms with van der Waals surface area (Å²) in [7, 11) is 1.53. The molecule has 20 heavy (non-hydrogen) atoms. The van der Waals surface area contributed by atoms with Crippen LogP contribution in [0.5, 0.6) is 5.75 Å². The van der Waals surface area contributed by atoms with Gasteiger partial charge in [-0.05, 0) is 26.0 Å². The van der Waals surface area contributed by atoms with Crippen molar-refractivity contribution in [3.05, 3.63) is 29.0 Å². The minimum absolute atomic E-state index is 0.306. The Morgan fingerprint density at radius 3 is 2.85 bits per heavy atom. The third-order valence-electron chi connectivity index (χ3n) is 2.91. The molecule has 0 aliphatic carbocycles. The summed E-state index contributed by atoms with van der Waals surface area (Å²) < 4.78 is 15.9. The number of carbonyl (C=O) groups excluding carboxylic acids is 1. The molecule has 0 atom stereocenters. The number of nitrogens with zero attached hydrogens (tertiary/aromatic N) is 1. The van der Waals surface area contributed by atoms with Crippen LogP contribution in [0, 0.1) is 6.92 Å². The summed E-state index contributed by atoms with van der Waals surface area (Å²) >= 11 is 0. The molecule has 1 aromatic carbocycles. The Hall–Kier alpha value is -2.50. The number of esters is 1. The molecular formula is C14H16N2O4. The van der Waals surface area contributed by atoms with Crippen molar-refractivity contribution in [1.29, 1.82) is 0 Å². The zero-order chi connectivity index (χ0) is 14.7. The van der Waals surface area contributed by atoms with E-state index in [9.17, 15) is 4.79 Å². The number of methoxy groups -OCH3 is 1. The molecule has 0 fully saturated rings. The van der Waals surface area contributed by atoms with Crippen molar-refractivity contribution in [2.45, 2.75) is 13.8 Å². The number of hydrogen-bond acceptors (Lipinski definition) is 6. The van der Waals surface area contributed by atoms with Gasteiger partial charge in [-0.15, -0.1) is 0 Å². The number of ether oxygens (including phenoxy) is 2. The lowest BCUT2D eigenvalue weighted by Gasteiger charge is -2.05. The van der Waals surface area contributed by atoms with E-state index in [1.165, 1.54) is 13.3 Å². The zero-order valence-electron chi connectivity index (χ0n) is 11.6. The molecule has 6 nitrogen and oxygen atoms in total. The van der Waals surface area contributed by atoms with Crippen LogP contribution in [0.4, 0.5) is 0 Å². The average molecular weight is 276 g/mol. The van der Waals surface area contributed by atoms with Gasteiger partial charge in [0.2, 0.25) is 0 Å². The second kappa shape index (κ2) is 5.64. The first-order valence-electron chi connectivity index (χ1n) is 6.13. The Labute approximate surface area is 116 Å². The number of carbonyl (C=O) groups is 1. The molecule has 0 amide bonds. The lowest BCUT2D eigenvalue weighted by Crippen LogP contribution is -2.05. The molecule has 0 saturated carbocycles. The molecule has 1 heterocycles. The molecule has 0 saturated heterocycles.